The molecule has 0 aliphatic carbocycles. The van der Waals surface area contributed by atoms with E-state index in [2.05, 4.69) is 28.2 Å². The van der Waals surface area contributed by atoms with E-state index >= 15 is 0 Å². The standard InChI is InChI=1S/C15H25N3O/c1-3-18(11-13-6-9-16-10-7-13)12-14-5-4-8-17-15(14)19-2/h4-5,8,13,16H,3,6-7,9-12H2,1-2H3. The average Bonchev–Trinajstić information content (AvgIpc) is 2.48. The third-order valence-corrected chi connectivity index (χ3v) is 3.86. The van der Waals surface area contributed by atoms with Crippen LogP contribution in [0, 0.1) is 5.92 Å². The van der Waals surface area contributed by atoms with Crippen molar-refractivity contribution in [3.8, 4) is 5.88 Å². The molecule has 0 bridgehead atoms. The van der Waals surface area contributed by atoms with Crippen LogP contribution in [0.1, 0.15) is 25.3 Å². The number of nitrogens with zero attached hydrogens (tertiary/aromatic N) is 2. The molecule has 4 nitrogen and oxygen atoms in total. The molecule has 1 aromatic rings. The highest BCUT2D eigenvalue weighted by molar-refractivity contribution is 5.25. The minimum Gasteiger partial charge on any atom is -0.481 e. The monoisotopic (exact) mass is 263 g/mol. The Bertz CT molecular complexity index is 377. The maximum absolute atomic E-state index is 5.33. The normalized spacial score (nSPS) is 16.8. The molecule has 1 N–H and O–H groups in total. The van der Waals surface area contributed by atoms with E-state index in [0.29, 0.717) is 0 Å². The topological polar surface area (TPSA) is 37.4 Å². The summed E-state index contributed by atoms with van der Waals surface area (Å²) in [4.78, 5) is 6.77. The van der Waals surface area contributed by atoms with Crippen molar-refractivity contribution in [3.63, 3.8) is 0 Å². The fourth-order valence-electron chi connectivity index (χ4n) is 2.70. The van der Waals surface area contributed by atoms with E-state index in [1.807, 2.05) is 6.07 Å². The Kier molecular flexibility index (Phi) is 5.61. The van der Waals surface area contributed by atoms with Gasteiger partial charge in [0, 0.05) is 24.8 Å². The lowest BCUT2D eigenvalue weighted by atomic mass is 9.97. The van der Waals surface area contributed by atoms with Crippen molar-refractivity contribution in [1.82, 2.24) is 15.2 Å². The fraction of sp³-hybridized carbons (Fsp3) is 0.667. The molecule has 0 aromatic carbocycles. The van der Waals surface area contributed by atoms with E-state index in [1.54, 1.807) is 13.3 Å². The summed E-state index contributed by atoms with van der Waals surface area (Å²) in [5.41, 5.74) is 1.18. The van der Waals surface area contributed by atoms with Crippen LogP contribution >= 0.6 is 0 Å². The predicted molar refractivity (Wildman–Crippen MR) is 77.3 cm³/mol. The zero-order valence-electron chi connectivity index (χ0n) is 12.1. The molecular formula is C15H25N3O. The Balaban J connectivity index is 1.94. The van der Waals surface area contributed by atoms with Crippen molar-refractivity contribution in [2.45, 2.75) is 26.3 Å². The Labute approximate surface area is 116 Å². The summed E-state index contributed by atoms with van der Waals surface area (Å²) >= 11 is 0. The molecule has 4 heteroatoms. The van der Waals surface area contributed by atoms with Gasteiger partial charge < -0.3 is 10.1 Å². The van der Waals surface area contributed by atoms with Gasteiger partial charge in [0.25, 0.3) is 0 Å². The molecule has 1 aromatic heterocycles. The van der Waals surface area contributed by atoms with Crippen molar-refractivity contribution >= 4 is 0 Å². The van der Waals surface area contributed by atoms with Gasteiger partial charge >= 0.3 is 0 Å². The zero-order chi connectivity index (χ0) is 13.5. The molecule has 2 heterocycles. The third-order valence-electron chi connectivity index (χ3n) is 3.86. The molecule has 0 radical (unpaired) electrons. The molecule has 2 rings (SSSR count). The summed E-state index contributed by atoms with van der Waals surface area (Å²) in [6.07, 6.45) is 4.37. The second kappa shape index (κ2) is 7.46. The van der Waals surface area contributed by atoms with Crippen LogP contribution in [0.3, 0.4) is 0 Å². The van der Waals surface area contributed by atoms with Crippen LogP contribution in [0.4, 0.5) is 0 Å². The number of hydrogen-bond acceptors (Lipinski definition) is 4. The maximum Gasteiger partial charge on any atom is 0.217 e. The van der Waals surface area contributed by atoms with Crippen molar-refractivity contribution in [1.29, 1.82) is 0 Å². The lowest BCUT2D eigenvalue weighted by Crippen LogP contribution is -2.36. The molecule has 106 valence electrons. The van der Waals surface area contributed by atoms with E-state index in [-0.39, 0.29) is 0 Å². The first-order valence-corrected chi connectivity index (χ1v) is 7.24. The molecule has 0 unspecified atom stereocenters. The number of methoxy groups -OCH3 is 1. The quantitative estimate of drug-likeness (QED) is 0.851. The van der Waals surface area contributed by atoms with Crippen molar-refractivity contribution in [2.24, 2.45) is 5.92 Å². The molecular weight excluding hydrogens is 238 g/mol. The second-order valence-corrected chi connectivity index (χ2v) is 5.19. The Morgan fingerprint density at radius 1 is 1.42 bits per heavy atom. The molecule has 1 fully saturated rings. The van der Waals surface area contributed by atoms with Gasteiger partial charge in [0.05, 0.1) is 7.11 Å². The van der Waals surface area contributed by atoms with Gasteiger partial charge in [-0.1, -0.05) is 13.0 Å². The number of nitrogens with one attached hydrogen (secondary N) is 1. The Hall–Kier alpha value is -1.13. The minimum absolute atomic E-state index is 0.756. The van der Waals surface area contributed by atoms with Gasteiger partial charge in [-0.3, -0.25) is 4.90 Å². The van der Waals surface area contributed by atoms with E-state index in [9.17, 15) is 0 Å². The van der Waals surface area contributed by atoms with Crippen LogP contribution in [0.15, 0.2) is 18.3 Å². The smallest absolute Gasteiger partial charge is 0.217 e. The minimum atomic E-state index is 0.756. The summed E-state index contributed by atoms with van der Waals surface area (Å²) in [5, 5.41) is 3.43. The number of piperidine rings is 1. The molecule has 0 amide bonds. The van der Waals surface area contributed by atoms with E-state index in [1.165, 1.54) is 38.0 Å². The highest BCUT2D eigenvalue weighted by Gasteiger charge is 2.17. The van der Waals surface area contributed by atoms with Gasteiger partial charge in [-0.15, -0.1) is 0 Å². The van der Waals surface area contributed by atoms with Crippen LogP contribution < -0.4 is 10.1 Å². The van der Waals surface area contributed by atoms with Crippen LogP contribution in [-0.4, -0.2) is 43.2 Å². The molecule has 19 heavy (non-hydrogen) atoms. The van der Waals surface area contributed by atoms with Crippen LogP contribution in [0.25, 0.3) is 0 Å². The van der Waals surface area contributed by atoms with Gasteiger partial charge in [-0.05, 0) is 44.5 Å². The average molecular weight is 263 g/mol. The first-order valence-electron chi connectivity index (χ1n) is 7.24. The summed E-state index contributed by atoms with van der Waals surface area (Å²) in [6, 6.07) is 4.09. The maximum atomic E-state index is 5.33. The summed E-state index contributed by atoms with van der Waals surface area (Å²) < 4.78 is 5.33. The SMILES string of the molecule is CCN(Cc1cccnc1OC)CC1CCNCC1. The highest BCUT2D eigenvalue weighted by Crippen LogP contribution is 2.19. The zero-order valence-corrected chi connectivity index (χ0v) is 12.1. The van der Waals surface area contributed by atoms with Crippen molar-refractivity contribution in [3.05, 3.63) is 23.9 Å². The molecule has 1 aliphatic heterocycles. The van der Waals surface area contributed by atoms with Crippen LogP contribution in [0.2, 0.25) is 0 Å². The molecule has 1 aliphatic rings. The fourth-order valence-corrected chi connectivity index (χ4v) is 2.70. The third kappa shape index (κ3) is 4.18. The van der Waals surface area contributed by atoms with Gasteiger partial charge in [-0.2, -0.15) is 0 Å². The summed E-state index contributed by atoms with van der Waals surface area (Å²) in [6.45, 7) is 7.73. The Morgan fingerprint density at radius 3 is 2.89 bits per heavy atom. The van der Waals surface area contributed by atoms with Crippen LogP contribution in [0.5, 0.6) is 5.88 Å². The van der Waals surface area contributed by atoms with Crippen LogP contribution in [-0.2, 0) is 6.54 Å². The van der Waals surface area contributed by atoms with E-state index < -0.39 is 0 Å². The summed E-state index contributed by atoms with van der Waals surface area (Å²) in [7, 11) is 1.69. The number of aromatic nitrogens is 1. The highest BCUT2D eigenvalue weighted by atomic mass is 16.5. The lowest BCUT2D eigenvalue weighted by molar-refractivity contribution is 0.204. The molecule has 0 spiro atoms. The van der Waals surface area contributed by atoms with Gasteiger partial charge in [0.2, 0.25) is 5.88 Å². The summed E-state index contributed by atoms with van der Waals surface area (Å²) in [5.74, 6) is 1.58. The number of ether oxygens (including phenoxy) is 1. The van der Waals surface area contributed by atoms with Crippen molar-refractivity contribution in [2.75, 3.05) is 33.3 Å². The van der Waals surface area contributed by atoms with Crippen molar-refractivity contribution < 1.29 is 4.74 Å². The predicted octanol–water partition coefficient (Wildman–Crippen LogP) is 1.91. The first kappa shape index (κ1) is 14.3. The Morgan fingerprint density at radius 2 is 2.21 bits per heavy atom. The van der Waals surface area contributed by atoms with E-state index in [0.717, 1.165) is 24.9 Å². The number of hydrogen-bond donors (Lipinski definition) is 1. The van der Waals surface area contributed by atoms with Gasteiger partial charge in [0.1, 0.15) is 0 Å². The van der Waals surface area contributed by atoms with Gasteiger partial charge in [-0.25, -0.2) is 4.98 Å². The second-order valence-electron chi connectivity index (χ2n) is 5.19. The lowest BCUT2D eigenvalue weighted by Gasteiger charge is -2.29. The molecule has 0 saturated carbocycles. The van der Waals surface area contributed by atoms with Gasteiger partial charge in [0.15, 0.2) is 0 Å². The number of rotatable bonds is 6. The molecule has 0 atom stereocenters. The largest absolute Gasteiger partial charge is 0.481 e. The molecule has 1 saturated heterocycles. The van der Waals surface area contributed by atoms with E-state index in [4.69, 9.17) is 4.74 Å². The number of pyridine rings is 1. The first-order chi connectivity index (χ1) is 9.33.